The van der Waals surface area contributed by atoms with Crippen molar-refractivity contribution >= 4 is 40.9 Å². The van der Waals surface area contributed by atoms with Crippen molar-refractivity contribution in [2.24, 2.45) is 4.99 Å². The van der Waals surface area contributed by atoms with Crippen molar-refractivity contribution in [2.45, 2.75) is 65.9 Å². The molecule has 0 aliphatic carbocycles. The number of amides is 1. The summed E-state index contributed by atoms with van der Waals surface area (Å²) in [5, 5.41) is 1.04. The topological polar surface area (TPSA) is 63.6 Å². The Hall–Kier alpha value is -4.40. The summed E-state index contributed by atoms with van der Waals surface area (Å²) in [6.07, 6.45) is 6.26. The first kappa shape index (κ1) is 40.3. The van der Waals surface area contributed by atoms with E-state index in [4.69, 9.17) is 37.4 Å². The summed E-state index contributed by atoms with van der Waals surface area (Å²) in [4.78, 5) is 22.5. The fourth-order valence-electron chi connectivity index (χ4n) is 6.75. The summed E-state index contributed by atoms with van der Waals surface area (Å²) in [7, 11) is 0. The van der Waals surface area contributed by atoms with E-state index in [1.807, 2.05) is 74.2 Å². The lowest BCUT2D eigenvalue weighted by Gasteiger charge is -2.35. The molecule has 0 spiro atoms. The molecule has 2 aliphatic heterocycles. The van der Waals surface area contributed by atoms with Gasteiger partial charge in [0.15, 0.2) is 0 Å². The molecule has 2 heterocycles. The van der Waals surface area contributed by atoms with E-state index in [1.165, 1.54) is 16.7 Å². The quantitative estimate of drug-likeness (QED) is 0.0725. The second-order valence-electron chi connectivity index (χ2n) is 14.7. The van der Waals surface area contributed by atoms with Gasteiger partial charge in [-0.15, -0.1) is 0 Å². The number of hydrogen-bond donors (Lipinski definition) is 0. The van der Waals surface area contributed by atoms with Crippen LogP contribution in [0.3, 0.4) is 0 Å². The lowest BCUT2D eigenvalue weighted by molar-refractivity contribution is -0.128. The standard InChI is InChI=1S/C46H51Cl2N3O4/c1-32(2)38-15-17-41(18-16-38)53-26-19-36-11-13-37(14-12-36)29-50-22-24-51(25-23-50)45(52)35(5)34(4)40-27-33(3)44(43(48)28-40)55-46(20-8-21-49-31-46)54-30-39-9-6-7-10-42(39)47/h6-18,20,27-28,31-32H,19,21-26,29-30H2,1-5H3/b35-34+. The molecule has 7 nitrogen and oxygen atoms in total. The molecule has 4 aromatic rings. The second-order valence-corrected chi connectivity index (χ2v) is 15.5. The fourth-order valence-corrected chi connectivity index (χ4v) is 7.24. The van der Waals surface area contributed by atoms with Crippen LogP contribution in [0.1, 0.15) is 67.0 Å². The molecule has 0 bridgehead atoms. The number of dihydropyridines is 1. The van der Waals surface area contributed by atoms with Crippen LogP contribution < -0.4 is 9.47 Å². The average molecular weight is 781 g/mol. The maximum Gasteiger partial charge on any atom is 0.267 e. The van der Waals surface area contributed by atoms with Crippen LogP contribution in [0.2, 0.25) is 10.0 Å². The van der Waals surface area contributed by atoms with Crippen molar-refractivity contribution in [1.29, 1.82) is 0 Å². The Bertz CT molecular complexity index is 2000. The Morgan fingerprint density at radius 3 is 2.25 bits per heavy atom. The molecule has 1 fully saturated rings. The molecular weight excluding hydrogens is 729 g/mol. The van der Waals surface area contributed by atoms with Crippen molar-refractivity contribution in [2.75, 3.05) is 39.3 Å². The highest BCUT2D eigenvalue weighted by Gasteiger charge is 2.32. The van der Waals surface area contributed by atoms with Gasteiger partial charge in [0.2, 0.25) is 5.91 Å². The van der Waals surface area contributed by atoms with Gasteiger partial charge in [-0.1, -0.05) is 97.7 Å². The van der Waals surface area contributed by atoms with Gasteiger partial charge in [-0.25, -0.2) is 0 Å². The highest BCUT2D eigenvalue weighted by atomic mass is 35.5. The number of aliphatic imine (C=N–C) groups is 1. The molecule has 0 saturated carbocycles. The van der Waals surface area contributed by atoms with Crippen LogP contribution in [0.5, 0.6) is 11.5 Å². The molecular formula is C46H51Cl2N3O4. The number of rotatable bonds is 14. The Labute approximate surface area is 336 Å². The zero-order valence-electron chi connectivity index (χ0n) is 32.5. The predicted octanol–water partition coefficient (Wildman–Crippen LogP) is 10.1. The molecule has 1 saturated heterocycles. The second kappa shape index (κ2) is 18.5. The number of benzene rings is 4. The highest BCUT2D eigenvalue weighted by molar-refractivity contribution is 6.32. The number of carbonyl (C=O) groups is 1. The third-order valence-corrected chi connectivity index (χ3v) is 11.0. The molecule has 9 heteroatoms. The van der Waals surface area contributed by atoms with E-state index < -0.39 is 5.79 Å². The van der Waals surface area contributed by atoms with Crippen LogP contribution in [0, 0.1) is 6.92 Å². The molecule has 0 radical (unpaired) electrons. The summed E-state index contributed by atoms with van der Waals surface area (Å²) in [5.41, 5.74) is 7.95. The zero-order valence-corrected chi connectivity index (χ0v) is 34.0. The van der Waals surface area contributed by atoms with E-state index >= 15 is 0 Å². The number of allylic oxidation sites excluding steroid dienone is 1. The number of halogens is 2. The van der Waals surface area contributed by atoms with Crippen LogP contribution in [0.4, 0.5) is 0 Å². The van der Waals surface area contributed by atoms with E-state index in [9.17, 15) is 4.79 Å². The van der Waals surface area contributed by atoms with Gasteiger partial charge in [0.25, 0.3) is 5.79 Å². The number of piperazine rings is 1. The van der Waals surface area contributed by atoms with Gasteiger partial charge in [-0.05, 0) is 102 Å². The van der Waals surface area contributed by atoms with Gasteiger partial charge >= 0.3 is 0 Å². The predicted molar refractivity (Wildman–Crippen MR) is 225 cm³/mol. The highest BCUT2D eigenvalue weighted by Crippen LogP contribution is 2.37. The van der Waals surface area contributed by atoms with E-state index in [2.05, 4.69) is 72.3 Å². The molecule has 0 aromatic heterocycles. The van der Waals surface area contributed by atoms with Crippen molar-refractivity contribution in [3.8, 4) is 11.5 Å². The van der Waals surface area contributed by atoms with Crippen molar-refractivity contribution < 1.29 is 19.0 Å². The van der Waals surface area contributed by atoms with Gasteiger partial charge in [0, 0.05) is 49.7 Å². The minimum Gasteiger partial charge on any atom is -0.493 e. The van der Waals surface area contributed by atoms with E-state index in [0.717, 1.165) is 54.1 Å². The number of aryl methyl sites for hydroxylation is 1. The number of ether oxygens (including phenoxy) is 3. The Kier molecular flexibility index (Phi) is 13.5. The number of hydrogen-bond acceptors (Lipinski definition) is 6. The molecule has 6 rings (SSSR count). The van der Waals surface area contributed by atoms with Gasteiger partial charge in [0.1, 0.15) is 11.5 Å². The van der Waals surface area contributed by atoms with E-state index in [-0.39, 0.29) is 12.5 Å². The van der Waals surface area contributed by atoms with E-state index in [0.29, 0.717) is 53.5 Å². The van der Waals surface area contributed by atoms with Crippen molar-refractivity contribution in [3.63, 3.8) is 0 Å². The molecule has 1 atom stereocenters. The molecule has 55 heavy (non-hydrogen) atoms. The van der Waals surface area contributed by atoms with E-state index in [1.54, 1.807) is 6.21 Å². The monoisotopic (exact) mass is 779 g/mol. The molecule has 1 unspecified atom stereocenters. The summed E-state index contributed by atoms with van der Waals surface area (Å²) < 4.78 is 18.7. The summed E-state index contributed by atoms with van der Waals surface area (Å²) in [6, 6.07) is 28.6. The zero-order chi connectivity index (χ0) is 39.0. The van der Waals surface area contributed by atoms with Crippen molar-refractivity contribution in [1.82, 2.24) is 9.80 Å². The SMILES string of the molecule is C/C(C(=O)N1CCN(Cc2ccc(CCOc3ccc(C(C)C)cc3)cc2)CC1)=C(/C)c1cc(C)c(OC2(OCc3ccccc3Cl)C=CCN=C2)c(Cl)c1. The molecule has 4 aromatic carbocycles. The van der Waals surface area contributed by atoms with Crippen LogP contribution in [0.15, 0.2) is 108 Å². The Morgan fingerprint density at radius 1 is 0.891 bits per heavy atom. The van der Waals surface area contributed by atoms with Crippen LogP contribution in [-0.2, 0) is 29.1 Å². The van der Waals surface area contributed by atoms with Crippen molar-refractivity contribution in [3.05, 3.63) is 146 Å². The summed E-state index contributed by atoms with van der Waals surface area (Å²) >= 11 is 13.3. The Balaban J connectivity index is 1.01. The molecule has 1 amide bonds. The third kappa shape index (κ3) is 10.5. The Morgan fingerprint density at radius 2 is 1.60 bits per heavy atom. The molecule has 0 N–H and O–H groups in total. The number of nitrogens with zero attached hydrogens (tertiary/aromatic N) is 3. The average Bonchev–Trinajstić information content (AvgIpc) is 3.19. The smallest absolute Gasteiger partial charge is 0.267 e. The first-order valence-electron chi connectivity index (χ1n) is 19.1. The maximum atomic E-state index is 13.7. The largest absolute Gasteiger partial charge is 0.493 e. The van der Waals surface area contributed by atoms with Gasteiger partial charge in [-0.2, -0.15) is 0 Å². The minimum atomic E-state index is -1.24. The first-order valence-corrected chi connectivity index (χ1v) is 19.8. The minimum absolute atomic E-state index is 0.0455. The summed E-state index contributed by atoms with van der Waals surface area (Å²) in [5.74, 6) is 0.715. The molecule has 288 valence electrons. The van der Waals surface area contributed by atoms with Crippen LogP contribution >= 0.6 is 23.2 Å². The van der Waals surface area contributed by atoms with Gasteiger partial charge in [0.05, 0.1) is 31.0 Å². The molecule has 2 aliphatic rings. The van der Waals surface area contributed by atoms with Gasteiger partial charge in [-0.3, -0.25) is 14.7 Å². The summed E-state index contributed by atoms with van der Waals surface area (Å²) in [6.45, 7) is 15.5. The van der Waals surface area contributed by atoms with Gasteiger partial charge < -0.3 is 19.1 Å². The fraction of sp³-hybridized carbons (Fsp3) is 0.348. The van der Waals surface area contributed by atoms with Crippen LogP contribution in [0.25, 0.3) is 5.57 Å². The third-order valence-electron chi connectivity index (χ3n) is 10.3. The first-order chi connectivity index (χ1) is 26.5. The maximum absolute atomic E-state index is 13.7. The normalized spacial score (nSPS) is 17.7. The van der Waals surface area contributed by atoms with Crippen LogP contribution in [-0.4, -0.2) is 67.0 Å². The number of carbonyl (C=O) groups excluding carboxylic acids is 1. The lowest BCUT2D eigenvalue weighted by Crippen LogP contribution is -2.48. The lowest BCUT2D eigenvalue weighted by atomic mass is 9.99.